The molecular weight excluding hydrogens is 276 g/mol. The molecular formula is C18H30N2S. The summed E-state index contributed by atoms with van der Waals surface area (Å²) < 4.78 is 0. The SMILES string of the molecule is CCCC(C)(CNC1CC1)CN1CCc2sccc2C1C. The quantitative estimate of drug-likeness (QED) is 0.811. The molecule has 1 N–H and O–H groups in total. The molecule has 2 heterocycles. The number of hydrogen-bond acceptors (Lipinski definition) is 3. The first kappa shape index (κ1) is 15.5. The average Bonchev–Trinajstić information content (AvgIpc) is 3.16. The molecule has 2 nitrogen and oxygen atoms in total. The van der Waals surface area contributed by atoms with Crippen molar-refractivity contribution < 1.29 is 0 Å². The normalized spacial score (nSPS) is 25.6. The zero-order chi connectivity index (χ0) is 14.9. The Morgan fingerprint density at radius 2 is 2.24 bits per heavy atom. The topological polar surface area (TPSA) is 15.3 Å². The van der Waals surface area contributed by atoms with Gasteiger partial charge in [-0.05, 0) is 55.0 Å². The molecule has 0 amide bonds. The molecule has 1 fully saturated rings. The molecule has 2 unspecified atom stereocenters. The Morgan fingerprint density at radius 3 is 2.95 bits per heavy atom. The summed E-state index contributed by atoms with van der Waals surface area (Å²) in [6, 6.07) is 3.76. The molecule has 0 bridgehead atoms. The Bertz CT molecular complexity index is 466. The van der Waals surface area contributed by atoms with Gasteiger partial charge in [0.15, 0.2) is 0 Å². The van der Waals surface area contributed by atoms with Gasteiger partial charge in [0, 0.05) is 36.6 Å². The molecule has 2 aliphatic rings. The van der Waals surface area contributed by atoms with Crippen LogP contribution in [0.25, 0.3) is 0 Å². The van der Waals surface area contributed by atoms with E-state index in [0.29, 0.717) is 11.5 Å². The number of hydrogen-bond donors (Lipinski definition) is 1. The van der Waals surface area contributed by atoms with Gasteiger partial charge in [0.1, 0.15) is 0 Å². The second kappa shape index (κ2) is 6.39. The molecule has 0 aromatic carbocycles. The third-order valence-electron chi connectivity index (χ3n) is 5.24. The van der Waals surface area contributed by atoms with Crippen molar-refractivity contribution in [2.75, 3.05) is 19.6 Å². The van der Waals surface area contributed by atoms with Crippen LogP contribution in [0, 0.1) is 5.41 Å². The summed E-state index contributed by atoms with van der Waals surface area (Å²) in [7, 11) is 0. The first-order valence-corrected chi connectivity index (χ1v) is 9.53. The van der Waals surface area contributed by atoms with Crippen molar-refractivity contribution in [2.24, 2.45) is 5.41 Å². The molecule has 1 aliphatic heterocycles. The van der Waals surface area contributed by atoms with Crippen molar-refractivity contribution in [1.82, 2.24) is 10.2 Å². The molecule has 1 saturated carbocycles. The summed E-state index contributed by atoms with van der Waals surface area (Å²) in [6.45, 7) is 10.9. The van der Waals surface area contributed by atoms with E-state index in [-0.39, 0.29) is 0 Å². The highest BCUT2D eigenvalue weighted by Crippen LogP contribution is 2.36. The van der Waals surface area contributed by atoms with Gasteiger partial charge < -0.3 is 5.32 Å². The lowest BCUT2D eigenvalue weighted by atomic mass is 9.83. The maximum atomic E-state index is 3.78. The van der Waals surface area contributed by atoms with Crippen LogP contribution in [0.5, 0.6) is 0 Å². The summed E-state index contributed by atoms with van der Waals surface area (Å²) in [6.07, 6.45) is 6.64. The molecule has 0 spiro atoms. The largest absolute Gasteiger partial charge is 0.313 e. The summed E-state index contributed by atoms with van der Waals surface area (Å²) >= 11 is 1.94. The Hall–Kier alpha value is -0.380. The van der Waals surface area contributed by atoms with E-state index in [0.717, 1.165) is 6.04 Å². The molecule has 21 heavy (non-hydrogen) atoms. The summed E-state index contributed by atoms with van der Waals surface area (Å²) in [5.41, 5.74) is 2.00. The van der Waals surface area contributed by atoms with Crippen molar-refractivity contribution in [3.05, 3.63) is 21.9 Å². The molecule has 118 valence electrons. The summed E-state index contributed by atoms with van der Waals surface area (Å²) in [5, 5.41) is 6.04. The zero-order valence-electron chi connectivity index (χ0n) is 13.8. The third-order valence-corrected chi connectivity index (χ3v) is 6.23. The van der Waals surface area contributed by atoms with E-state index < -0.39 is 0 Å². The van der Waals surface area contributed by atoms with Crippen LogP contribution in [-0.2, 0) is 6.42 Å². The Balaban J connectivity index is 1.64. The molecule has 2 atom stereocenters. The van der Waals surface area contributed by atoms with Crippen molar-refractivity contribution in [3.8, 4) is 0 Å². The second-order valence-electron chi connectivity index (χ2n) is 7.41. The van der Waals surface area contributed by atoms with Crippen molar-refractivity contribution in [1.29, 1.82) is 0 Å². The van der Waals surface area contributed by atoms with Crippen molar-refractivity contribution >= 4 is 11.3 Å². The van der Waals surface area contributed by atoms with Gasteiger partial charge in [-0.15, -0.1) is 11.3 Å². The van der Waals surface area contributed by atoms with E-state index in [4.69, 9.17) is 0 Å². The zero-order valence-corrected chi connectivity index (χ0v) is 14.6. The number of nitrogens with zero attached hydrogens (tertiary/aromatic N) is 1. The Morgan fingerprint density at radius 1 is 1.43 bits per heavy atom. The van der Waals surface area contributed by atoms with E-state index in [1.54, 1.807) is 10.4 Å². The van der Waals surface area contributed by atoms with E-state index >= 15 is 0 Å². The molecule has 0 saturated heterocycles. The van der Waals surface area contributed by atoms with Crippen molar-refractivity contribution in [2.45, 2.75) is 65.0 Å². The lowest BCUT2D eigenvalue weighted by molar-refractivity contribution is 0.110. The first-order chi connectivity index (χ1) is 10.1. The van der Waals surface area contributed by atoms with Crippen LogP contribution in [-0.4, -0.2) is 30.6 Å². The van der Waals surface area contributed by atoms with Gasteiger partial charge in [0.25, 0.3) is 0 Å². The Kier molecular flexibility index (Phi) is 4.72. The minimum atomic E-state index is 0.416. The van der Waals surface area contributed by atoms with Gasteiger partial charge in [-0.2, -0.15) is 0 Å². The monoisotopic (exact) mass is 306 g/mol. The fourth-order valence-electron chi connectivity index (χ4n) is 3.77. The predicted octanol–water partition coefficient (Wildman–Crippen LogP) is 4.23. The number of rotatable bonds is 7. The maximum Gasteiger partial charge on any atom is 0.0331 e. The van der Waals surface area contributed by atoms with Crippen molar-refractivity contribution in [3.63, 3.8) is 0 Å². The van der Waals surface area contributed by atoms with Crippen LogP contribution in [0.4, 0.5) is 0 Å². The van der Waals surface area contributed by atoms with Gasteiger partial charge in [0.05, 0.1) is 0 Å². The maximum absolute atomic E-state index is 3.78. The minimum absolute atomic E-state index is 0.416. The van der Waals surface area contributed by atoms with E-state index in [9.17, 15) is 0 Å². The van der Waals surface area contributed by atoms with E-state index in [1.165, 1.54) is 51.7 Å². The van der Waals surface area contributed by atoms with Gasteiger partial charge in [-0.25, -0.2) is 0 Å². The van der Waals surface area contributed by atoms with Crippen LogP contribution in [0.3, 0.4) is 0 Å². The molecule has 1 aliphatic carbocycles. The van der Waals surface area contributed by atoms with Gasteiger partial charge in [-0.1, -0.05) is 20.3 Å². The summed E-state index contributed by atoms with van der Waals surface area (Å²) in [5.74, 6) is 0. The minimum Gasteiger partial charge on any atom is -0.313 e. The molecule has 1 aromatic rings. The number of thiophene rings is 1. The van der Waals surface area contributed by atoms with E-state index in [1.807, 2.05) is 11.3 Å². The standard InChI is InChI=1S/C18H30N2S/c1-4-9-18(3,12-19-15-5-6-15)13-20-10-7-17-16(14(20)2)8-11-21-17/h8,11,14-15,19H,4-7,9-10,12-13H2,1-3H3. The van der Waals surface area contributed by atoms with Gasteiger partial charge in [-0.3, -0.25) is 4.90 Å². The summed E-state index contributed by atoms with van der Waals surface area (Å²) in [4.78, 5) is 4.34. The lowest BCUT2D eigenvalue weighted by Crippen LogP contribution is -2.45. The fourth-order valence-corrected chi connectivity index (χ4v) is 4.74. The average molecular weight is 307 g/mol. The Labute approximate surface area is 133 Å². The highest BCUT2D eigenvalue weighted by Gasteiger charge is 2.33. The van der Waals surface area contributed by atoms with Crippen LogP contribution >= 0.6 is 11.3 Å². The molecule has 3 heteroatoms. The third kappa shape index (κ3) is 3.69. The highest BCUT2D eigenvalue weighted by molar-refractivity contribution is 7.10. The number of fused-ring (bicyclic) bond motifs is 1. The lowest BCUT2D eigenvalue weighted by Gasteiger charge is -2.41. The van der Waals surface area contributed by atoms with Crippen LogP contribution in [0.2, 0.25) is 0 Å². The fraction of sp³-hybridized carbons (Fsp3) is 0.778. The first-order valence-electron chi connectivity index (χ1n) is 8.65. The predicted molar refractivity (Wildman–Crippen MR) is 92.1 cm³/mol. The van der Waals surface area contributed by atoms with Crippen LogP contribution in [0.15, 0.2) is 11.4 Å². The van der Waals surface area contributed by atoms with Gasteiger partial charge in [0.2, 0.25) is 0 Å². The molecule has 1 aromatic heterocycles. The number of nitrogens with one attached hydrogen (secondary N) is 1. The smallest absolute Gasteiger partial charge is 0.0331 e. The second-order valence-corrected chi connectivity index (χ2v) is 8.41. The molecule has 0 radical (unpaired) electrons. The van der Waals surface area contributed by atoms with Gasteiger partial charge >= 0.3 is 0 Å². The van der Waals surface area contributed by atoms with Crippen LogP contribution < -0.4 is 5.32 Å². The van der Waals surface area contributed by atoms with Crippen LogP contribution in [0.1, 0.15) is 62.9 Å². The highest BCUT2D eigenvalue weighted by atomic mass is 32.1. The van der Waals surface area contributed by atoms with E-state index in [2.05, 4.69) is 42.4 Å². The molecule has 3 rings (SSSR count).